The van der Waals surface area contributed by atoms with Gasteiger partial charge in [-0.2, -0.15) is 4.98 Å². The molecule has 2 fully saturated rings. The van der Waals surface area contributed by atoms with Gasteiger partial charge in [-0.25, -0.2) is 4.98 Å². The molecule has 8 heteroatoms. The number of aliphatic hydroxyl groups excluding tert-OH is 1. The molecule has 0 radical (unpaired) electrons. The third-order valence-corrected chi connectivity index (χ3v) is 5.89. The van der Waals surface area contributed by atoms with Crippen LogP contribution >= 0.6 is 0 Å². The van der Waals surface area contributed by atoms with E-state index < -0.39 is 6.10 Å². The number of nitrogens with one attached hydrogen (secondary N) is 1. The second-order valence-electron chi connectivity index (χ2n) is 7.78. The number of aryl methyl sites for hydroxylation is 1. The van der Waals surface area contributed by atoms with Crippen molar-refractivity contribution in [2.45, 2.75) is 64.1 Å². The molecule has 0 unspecified atom stereocenters. The minimum absolute atomic E-state index is 0.0464. The highest BCUT2D eigenvalue weighted by Crippen LogP contribution is 2.32. The van der Waals surface area contributed by atoms with E-state index in [-0.39, 0.29) is 35.6 Å². The van der Waals surface area contributed by atoms with Gasteiger partial charge in [0.25, 0.3) is 5.56 Å². The summed E-state index contributed by atoms with van der Waals surface area (Å²) in [6, 6.07) is -0.152. The van der Waals surface area contributed by atoms with Crippen LogP contribution < -0.4 is 10.9 Å². The van der Waals surface area contributed by atoms with Gasteiger partial charge in [0.05, 0.1) is 24.3 Å². The summed E-state index contributed by atoms with van der Waals surface area (Å²) < 4.78 is 6.96. The average molecular weight is 386 g/mol. The third-order valence-electron chi connectivity index (χ3n) is 5.89. The van der Waals surface area contributed by atoms with Crippen LogP contribution in [0.3, 0.4) is 0 Å². The van der Waals surface area contributed by atoms with Gasteiger partial charge >= 0.3 is 0 Å². The van der Waals surface area contributed by atoms with Crippen LogP contribution in [-0.4, -0.2) is 50.8 Å². The number of rotatable bonds is 4. The largest absolute Gasteiger partial charge is 0.389 e. The number of ether oxygens (including phenoxy) is 1. The standard InChI is InChI=1S/C20H26N4O4/c1-11-14-9-21-20(22-15-7-8-28-10-16(15)26)23-18(14)24(13-5-3-4-6-13)19(27)17(11)12(2)25/h9,13,15-16,26H,3-8,10H2,1-2H3,(H,21,22,23)/t15-,16+/m0/s1. The van der Waals surface area contributed by atoms with Crippen LogP contribution in [0.1, 0.15) is 61.0 Å². The number of Topliss-reactive ketones (excluding diaryl/α,β-unsaturated/α-hetero) is 1. The van der Waals surface area contributed by atoms with E-state index in [1.54, 1.807) is 17.7 Å². The molecule has 2 aromatic rings. The topological polar surface area (TPSA) is 106 Å². The lowest BCUT2D eigenvalue weighted by molar-refractivity contribution is -0.0136. The van der Waals surface area contributed by atoms with Crippen molar-refractivity contribution in [2.24, 2.45) is 0 Å². The first-order valence-corrected chi connectivity index (χ1v) is 9.92. The van der Waals surface area contributed by atoms with Crippen molar-refractivity contribution >= 4 is 22.8 Å². The van der Waals surface area contributed by atoms with E-state index in [1.165, 1.54) is 6.92 Å². The Morgan fingerprint density at radius 1 is 1.32 bits per heavy atom. The molecule has 0 amide bonds. The summed E-state index contributed by atoms with van der Waals surface area (Å²) >= 11 is 0. The molecule has 2 N–H and O–H groups in total. The monoisotopic (exact) mass is 386 g/mol. The molecular formula is C20H26N4O4. The highest BCUT2D eigenvalue weighted by molar-refractivity contribution is 5.99. The molecule has 1 saturated heterocycles. The van der Waals surface area contributed by atoms with Crippen LogP contribution in [0.5, 0.6) is 0 Å². The van der Waals surface area contributed by atoms with Gasteiger partial charge in [-0.05, 0) is 38.7 Å². The normalized spacial score (nSPS) is 23.2. The van der Waals surface area contributed by atoms with E-state index >= 15 is 0 Å². The molecule has 0 spiro atoms. The number of ketones is 1. The second kappa shape index (κ2) is 7.60. The molecule has 150 valence electrons. The van der Waals surface area contributed by atoms with Gasteiger partial charge in [0.1, 0.15) is 5.65 Å². The molecule has 4 rings (SSSR count). The minimum atomic E-state index is -0.633. The summed E-state index contributed by atoms with van der Waals surface area (Å²) in [5.74, 6) is 0.142. The molecule has 0 aromatic carbocycles. The number of pyridine rings is 1. The molecule has 1 aliphatic heterocycles. The number of aromatic nitrogens is 3. The molecular weight excluding hydrogens is 360 g/mol. The molecule has 28 heavy (non-hydrogen) atoms. The Labute approximate surface area is 162 Å². The van der Waals surface area contributed by atoms with Crippen LogP contribution in [-0.2, 0) is 4.74 Å². The smallest absolute Gasteiger partial charge is 0.263 e. The number of aliphatic hydroxyl groups is 1. The number of hydrogen-bond donors (Lipinski definition) is 2. The van der Waals surface area contributed by atoms with Gasteiger partial charge in [0, 0.05) is 24.2 Å². The molecule has 1 saturated carbocycles. The maximum atomic E-state index is 13.2. The summed E-state index contributed by atoms with van der Waals surface area (Å²) in [6.45, 7) is 4.05. The van der Waals surface area contributed by atoms with Gasteiger partial charge in [0.15, 0.2) is 5.78 Å². The van der Waals surface area contributed by atoms with Crippen LogP contribution in [0.4, 0.5) is 5.95 Å². The number of fused-ring (bicyclic) bond motifs is 1. The SMILES string of the molecule is CC(=O)c1c(C)c2cnc(N[C@H]3CCOC[C@H]3O)nc2n(C2CCCC2)c1=O. The lowest BCUT2D eigenvalue weighted by atomic mass is 10.0. The minimum Gasteiger partial charge on any atom is -0.389 e. The zero-order valence-corrected chi connectivity index (χ0v) is 16.3. The summed E-state index contributed by atoms with van der Waals surface area (Å²) in [5, 5.41) is 14.0. The average Bonchev–Trinajstić information content (AvgIpc) is 3.17. The number of carbonyl (C=O) groups is 1. The Morgan fingerprint density at radius 2 is 2.07 bits per heavy atom. The molecule has 0 bridgehead atoms. The Balaban J connectivity index is 1.84. The molecule has 2 aliphatic rings. The van der Waals surface area contributed by atoms with E-state index in [1.807, 2.05) is 0 Å². The number of nitrogens with zero attached hydrogens (tertiary/aromatic N) is 3. The Bertz CT molecular complexity index is 965. The van der Waals surface area contributed by atoms with Crippen LogP contribution in [0, 0.1) is 6.92 Å². The molecule has 2 aromatic heterocycles. The molecule has 8 nitrogen and oxygen atoms in total. The fourth-order valence-electron chi connectivity index (χ4n) is 4.38. The quantitative estimate of drug-likeness (QED) is 0.774. The van der Waals surface area contributed by atoms with Crippen LogP contribution in [0.2, 0.25) is 0 Å². The van der Waals surface area contributed by atoms with Gasteiger partial charge in [0.2, 0.25) is 5.95 Å². The lowest BCUT2D eigenvalue weighted by Crippen LogP contribution is -2.42. The number of carbonyl (C=O) groups excluding carboxylic acids is 1. The van der Waals surface area contributed by atoms with E-state index in [0.29, 0.717) is 30.2 Å². The van der Waals surface area contributed by atoms with Crippen molar-refractivity contribution in [1.29, 1.82) is 0 Å². The zero-order chi connectivity index (χ0) is 19.8. The van der Waals surface area contributed by atoms with E-state index in [9.17, 15) is 14.7 Å². The summed E-state index contributed by atoms with van der Waals surface area (Å²) in [4.78, 5) is 34.4. The van der Waals surface area contributed by atoms with Crippen molar-refractivity contribution in [3.8, 4) is 0 Å². The van der Waals surface area contributed by atoms with Crippen molar-refractivity contribution < 1.29 is 14.6 Å². The molecule has 3 heterocycles. The van der Waals surface area contributed by atoms with Crippen LogP contribution in [0.15, 0.2) is 11.0 Å². The fourth-order valence-corrected chi connectivity index (χ4v) is 4.38. The fraction of sp³-hybridized carbons (Fsp3) is 0.600. The van der Waals surface area contributed by atoms with Gasteiger partial charge in [-0.1, -0.05) is 12.8 Å². The van der Waals surface area contributed by atoms with Crippen molar-refractivity contribution in [1.82, 2.24) is 14.5 Å². The summed E-state index contributed by atoms with van der Waals surface area (Å²) in [6.07, 6.45) is 5.62. The van der Waals surface area contributed by atoms with Gasteiger partial charge in [-0.15, -0.1) is 0 Å². The predicted molar refractivity (Wildman–Crippen MR) is 105 cm³/mol. The lowest BCUT2D eigenvalue weighted by Gasteiger charge is -2.28. The first-order valence-electron chi connectivity index (χ1n) is 9.92. The maximum Gasteiger partial charge on any atom is 0.263 e. The molecule has 1 aliphatic carbocycles. The zero-order valence-electron chi connectivity index (χ0n) is 16.3. The van der Waals surface area contributed by atoms with E-state index in [2.05, 4.69) is 15.3 Å². The Morgan fingerprint density at radius 3 is 2.75 bits per heavy atom. The van der Waals surface area contributed by atoms with Crippen molar-refractivity contribution in [3.63, 3.8) is 0 Å². The first kappa shape index (κ1) is 19.0. The van der Waals surface area contributed by atoms with Crippen LogP contribution in [0.25, 0.3) is 11.0 Å². The second-order valence-corrected chi connectivity index (χ2v) is 7.78. The Hall–Kier alpha value is -2.32. The van der Waals surface area contributed by atoms with Crippen molar-refractivity contribution in [2.75, 3.05) is 18.5 Å². The highest BCUT2D eigenvalue weighted by Gasteiger charge is 2.27. The van der Waals surface area contributed by atoms with E-state index in [4.69, 9.17) is 4.74 Å². The maximum absolute atomic E-state index is 13.2. The van der Waals surface area contributed by atoms with Crippen molar-refractivity contribution in [3.05, 3.63) is 27.7 Å². The van der Waals surface area contributed by atoms with E-state index in [0.717, 1.165) is 31.1 Å². The van der Waals surface area contributed by atoms with Gasteiger partial charge in [-0.3, -0.25) is 14.2 Å². The number of anilines is 1. The highest BCUT2D eigenvalue weighted by atomic mass is 16.5. The predicted octanol–water partition coefficient (Wildman–Crippen LogP) is 1.98. The first-order chi connectivity index (χ1) is 13.5. The number of hydrogen-bond acceptors (Lipinski definition) is 7. The molecule has 2 atom stereocenters. The van der Waals surface area contributed by atoms with Gasteiger partial charge < -0.3 is 15.2 Å². The Kier molecular flexibility index (Phi) is 5.16. The summed E-state index contributed by atoms with van der Waals surface area (Å²) in [7, 11) is 0. The third kappa shape index (κ3) is 3.31. The summed E-state index contributed by atoms with van der Waals surface area (Å²) in [5.41, 5.74) is 1.14.